The zero-order valence-corrected chi connectivity index (χ0v) is 16.5. The van der Waals surface area contributed by atoms with Gasteiger partial charge in [0.15, 0.2) is 11.5 Å². The molecule has 7 nitrogen and oxygen atoms in total. The van der Waals surface area contributed by atoms with Crippen molar-refractivity contribution in [2.45, 2.75) is 38.1 Å². The highest BCUT2D eigenvalue weighted by molar-refractivity contribution is 5.88. The minimum Gasteiger partial charge on any atom is -0.356 e. The van der Waals surface area contributed by atoms with E-state index in [1.54, 1.807) is 12.4 Å². The van der Waals surface area contributed by atoms with E-state index in [4.69, 9.17) is 9.97 Å². The molecule has 0 N–H and O–H groups in total. The second-order valence-electron chi connectivity index (χ2n) is 7.93. The van der Waals surface area contributed by atoms with Gasteiger partial charge in [0.1, 0.15) is 5.82 Å². The fraction of sp³-hybridized carbons (Fsp3) is 0.524. The summed E-state index contributed by atoms with van der Waals surface area (Å²) < 4.78 is 1.84. The SMILES string of the molecule is Cn1ncc2c(N3CCC(N4CCCCC4)CC3)nc(-c3ccncc3)nc21. The first kappa shape index (κ1) is 17.6. The van der Waals surface area contributed by atoms with Gasteiger partial charge in [-0.15, -0.1) is 0 Å². The van der Waals surface area contributed by atoms with Crippen LogP contribution in [0.4, 0.5) is 5.82 Å². The van der Waals surface area contributed by atoms with E-state index in [9.17, 15) is 0 Å². The first-order valence-electron chi connectivity index (χ1n) is 10.4. The average Bonchev–Trinajstić information content (AvgIpc) is 3.15. The zero-order chi connectivity index (χ0) is 18.9. The number of aryl methyl sites for hydroxylation is 1. The van der Waals surface area contributed by atoms with Crippen LogP contribution in [-0.2, 0) is 7.05 Å². The molecule has 0 saturated carbocycles. The molecule has 3 aromatic heterocycles. The van der Waals surface area contributed by atoms with E-state index in [0.29, 0.717) is 0 Å². The first-order chi connectivity index (χ1) is 13.8. The van der Waals surface area contributed by atoms with Gasteiger partial charge in [0, 0.05) is 44.1 Å². The van der Waals surface area contributed by atoms with Crippen LogP contribution in [0.15, 0.2) is 30.7 Å². The molecule has 5 rings (SSSR count). The summed E-state index contributed by atoms with van der Waals surface area (Å²) in [6.07, 6.45) is 12.0. The highest BCUT2D eigenvalue weighted by Crippen LogP contribution is 2.30. The zero-order valence-electron chi connectivity index (χ0n) is 16.5. The van der Waals surface area contributed by atoms with Gasteiger partial charge < -0.3 is 9.80 Å². The van der Waals surface area contributed by atoms with Gasteiger partial charge in [0.2, 0.25) is 0 Å². The number of hydrogen-bond donors (Lipinski definition) is 0. The lowest BCUT2D eigenvalue weighted by Crippen LogP contribution is -2.47. The summed E-state index contributed by atoms with van der Waals surface area (Å²) in [5.41, 5.74) is 1.87. The number of pyridine rings is 1. The molecule has 2 saturated heterocycles. The van der Waals surface area contributed by atoms with Crippen LogP contribution < -0.4 is 4.90 Å². The molecular weight excluding hydrogens is 350 g/mol. The summed E-state index contributed by atoms with van der Waals surface area (Å²) in [4.78, 5) is 19.0. The largest absolute Gasteiger partial charge is 0.356 e. The summed E-state index contributed by atoms with van der Waals surface area (Å²) in [6.45, 7) is 4.63. The van der Waals surface area contributed by atoms with Crippen molar-refractivity contribution in [3.8, 4) is 11.4 Å². The number of fused-ring (bicyclic) bond motifs is 1. The summed E-state index contributed by atoms with van der Waals surface area (Å²) >= 11 is 0. The molecule has 0 bridgehead atoms. The molecule has 5 heterocycles. The Kier molecular flexibility index (Phi) is 4.68. The second kappa shape index (κ2) is 7.47. The maximum atomic E-state index is 4.97. The third kappa shape index (κ3) is 3.24. The molecule has 28 heavy (non-hydrogen) atoms. The van der Waals surface area contributed by atoms with Crippen LogP contribution in [-0.4, -0.2) is 61.9 Å². The van der Waals surface area contributed by atoms with Crippen molar-refractivity contribution in [1.82, 2.24) is 29.6 Å². The Hall–Kier alpha value is -2.54. The predicted molar refractivity (Wildman–Crippen MR) is 110 cm³/mol. The first-order valence-corrected chi connectivity index (χ1v) is 10.4. The van der Waals surface area contributed by atoms with E-state index >= 15 is 0 Å². The van der Waals surface area contributed by atoms with Crippen LogP contribution in [0.2, 0.25) is 0 Å². The third-order valence-corrected chi connectivity index (χ3v) is 6.18. The highest BCUT2D eigenvalue weighted by atomic mass is 15.3. The van der Waals surface area contributed by atoms with E-state index < -0.39 is 0 Å². The monoisotopic (exact) mass is 377 g/mol. The Balaban J connectivity index is 1.44. The Morgan fingerprint density at radius 2 is 1.68 bits per heavy atom. The molecule has 0 aromatic carbocycles. The van der Waals surface area contributed by atoms with Gasteiger partial charge in [-0.1, -0.05) is 6.42 Å². The number of hydrogen-bond acceptors (Lipinski definition) is 6. The van der Waals surface area contributed by atoms with Crippen molar-refractivity contribution in [1.29, 1.82) is 0 Å². The van der Waals surface area contributed by atoms with Crippen molar-refractivity contribution < 1.29 is 0 Å². The third-order valence-electron chi connectivity index (χ3n) is 6.18. The van der Waals surface area contributed by atoms with Gasteiger partial charge in [-0.2, -0.15) is 5.10 Å². The number of rotatable bonds is 3. The van der Waals surface area contributed by atoms with Crippen LogP contribution in [0.5, 0.6) is 0 Å². The summed E-state index contributed by atoms with van der Waals surface area (Å²) in [6, 6.07) is 4.65. The number of piperidine rings is 2. The molecule has 2 aliphatic rings. The molecule has 0 amide bonds. The van der Waals surface area contributed by atoms with Crippen molar-refractivity contribution >= 4 is 16.9 Å². The summed E-state index contributed by atoms with van der Waals surface area (Å²) in [5, 5.41) is 5.48. The smallest absolute Gasteiger partial charge is 0.164 e. The number of likely N-dealkylation sites (tertiary alicyclic amines) is 1. The molecular formula is C21H27N7. The average molecular weight is 377 g/mol. The van der Waals surface area contributed by atoms with E-state index in [0.717, 1.165) is 47.4 Å². The molecule has 0 spiro atoms. The van der Waals surface area contributed by atoms with Crippen LogP contribution in [0.3, 0.4) is 0 Å². The fourth-order valence-electron chi connectivity index (χ4n) is 4.60. The molecule has 0 radical (unpaired) electrons. The van der Waals surface area contributed by atoms with Crippen molar-refractivity contribution in [2.75, 3.05) is 31.1 Å². The Bertz CT molecular complexity index is 938. The molecule has 0 aliphatic carbocycles. The van der Waals surface area contributed by atoms with Gasteiger partial charge in [-0.3, -0.25) is 9.67 Å². The minimum absolute atomic E-state index is 0.724. The fourth-order valence-corrected chi connectivity index (χ4v) is 4.60. The molecule has 3 aromatic rings. The topological polar surface area (TPSA) is 63.0 Å². The van der Waals surface area contributed by atoms with E-state index in [1.165, 1.54) is 45.2 Å². The summed E-state index contributed by atoms with van der Waals surface area (Å²) in [7, 11) is 1.94. The van der Waals surface area contributed by atoms with Crippen LogP contribution in [0, 0.1) is 0 Å². The standard InChI is InChI=1S/C21H27N7/c1-26-20-18(15-23-26)21(25-19(24-20)16-5-9-22-10-6-16)28-13-7-17(8-14-28)27-11-3-2-4-12-27/h5-6,9-10,15,17H,2-4,7-8,11-14H2,1H3. The van der Waals surface area contributed by atoms with E-state index in [1.807, 2.05) is 30.1 Å². The Labute approximate surface area is 165 Å². The quantitative estimate of drug-likeness (QED) is 0.699. The Morgan fingerprint density at radius 1 is 0.929 bits per heavy atom. The maximum Gasteiger partial charge on any atom is 0.164 e. The normalized spacial score (nSPS) is 19.4. The molecule has 2 aliphatic heterocycles. The van der Waals surface area contributed by atoms with Gasteiger partial charge in [-0.25, -0.2) is 9.97 Å². The molecule has 146 valence electrons. The second-order valence-corrected chi connectivity index (χ2v) is 7.93. The van der Waals surface area contributed by atoms with Gasteiger partial charge >= 0.3 is 0 Å². The van der Waals surface area contributed by atoms with Gasteiger partial charge in [0.25, 0.3) is 0 Å². The van der Waals surface area contributed by atoms with Crippen molar-refractivity contribution in [3.63, 3.8) is 0 Å². The van der Waals surface area contributed by atoms with Crippen LogP contribution in [0.1, 0.15) is 32.1 Å². The number of nitrogens with zero attached hydrogens (tertiary/aromatic N) is 7. The lowest BCUT2D eigenvalue weighted by atomic mass is 10.00. The number of aromatic nitrogens is 5. The molecule has 7 heteroatoms. The van der Waals surface area contributed by atoms with Crippen LogP contribution >= 0.6 is 0 Å². The van der Waals surface area contributed by atoms with Crippen molar-refractivity contribution in [3.05, 3.63) is 30.7 Å². The van der Waals surface area contributed by atoms with Gasteiger partial charge in [-0.05, 0) is 50.9 Å². The van der Waals surface area contributed by atoms with Crippen molar-refractivity contribution in [2.24, 2.45) is 7.05 Å². The lowest BCUT2D eigenvalue weighted by Gasteiger charge is -2.40. The summed E-state index contributed by atoms with van der Waals surface area (Å²) in [5.74, 6) is 1.76. The predicted octanol–water partition coefficient (Wildman–Crippen LogP) is 2.88. The van der Waals surface area contributed by atoms with Gasteiger partial charge in [0.05, 0.1) is 11.6 Å². The minimum atomic E-state index is 0.724. The molecule has 0 unspecified atom stereocenters. The van der Waals surface area contributed by atoms with E-state index in [2.05, 4.69) is 19.9 Å². The maximum absolute atomic E-state index is 4.97. The highest BCUT2D eigenvalue weighted by Gasteiger charge is 2.27. The van der Waals surface area contributed by atoms with Crippen LogP contribution in [0.25, 0.3) is 22.4 Å². The molecule has 0 atom stereocenters. The Morgan fingerprint density at radius 3 is 2.43 bits per heavy atom. The molecule has 2 fully saturated rings. The lowest BCUT2D eigenvalue weighted by molar-refractivity contribution is 0.141. The van der Waals surface area contributed by atoms with E-state index in [-0.39, 0.29) is 0 Å². The number of anilines is 1.